The van der Waals surface area contributed by atoms with Crippen molar-refractivity contribution in [1.29, 1.82) is 0 Å². The average molecular weight is 808 g/mol. The van der Waals surface area contributed by atoms with E-state index in [0.717, 1.165) is 72.2 Å². The van der Waals surface area contributed by atoms with Crippen molar-refractivity contribution < 1.29 is 5.48 Å². The van der Waals surface area contributed by atoms with Gasteiger partial charge in [0, 0.05) is 22.5 Å². The van der Waals surface area contributed by atoms with Crippen molar-refractivity contribution in [3.8, 4) is 44.5 Å². The van der Waals surface area contributed by atoms with Gasteiger partial charge in [0.25, 0.3) is 0 Å². The number of anilines is 3. The highest BCUT2D eigenvalue weighted by molar-refractivity contribution is 5.92. The summed E-state index contributed by atoms with van der Waals surface area (Å²) in [5, 5.41) is 2.27. The molecule has 0 aromatic heterocycles. The van der Waals surface area contributed by atoms with Crippen LogP contribution in [0.1, 0.15) is 52.7 Å². The van der Waals surface area contributed by atoms with Gasteiger partial charge < -0.3 is 4.90 Å². The molecule has 0 saturated heterocycles. The van der Waals surface area contributed by atoms with Crippen LogP contribution in [0.25, 0.3) is 55.3 Å². The quantitative estimate of drug-likeness (QED) is 0.155. The van der Waals surface area contributed by atoms with Crippen LogP contribution in [-0.2, 0) is 10.8 Å². The first kappa shape index (κ1) is 33.0. The number of hydrogen-bond donors (Lipinski definition) is 0. The zero-order valence-electron chi connectivity index (χ0n) is 39.2. The molecule has 63 heavy (non-hydrogen) atoms. The fraction of sp³-hybridized carbons (Fsp3) is 0.0645. The fourth-order valence-corrected chi connectivity index (χ4v) is 10.6. The van der Waals surface area contributed by atoms with Crippen molar-refractivity contribution >= 4 is 27.8 Å². The Morgan fingerprint density at radius 3 is 1.52 bits per heavy atom. The molecule has 0 aliphatic heterocycles. The first-order valence-electron chi connectivity index (χ1n) is 23.8. The molecular weight excluding hydrogens is 759 g/mol. The minimum absolute atomic E-state index is 0.0953. The van der Waals surface area contributed by atoms with E-state index in [0.29, 0.717) is 5.56 Å². The lowest BCUT2D eigenvalue weighted by Gasteiger charge is -2.35. The van der Waals surface area contributed by atoms with E-state index in [1.807, 2.05) is 41.3 Å². The van der Waals surface area contributed by atoms with Gasteiger partial charge in [-0.15, -0.1) is 0 Å². The third-order valence-electron chi connectivity index (χ3n) is 13.6. The molecule has 0 amide bonds. The van der Waals surface area contributed by atoms with E-state index in [1.54, 1.807) is 0 Å². The first-order valence-corrected chi connectivity index (χ1v) is 21.8. The van der Waals surface area contributed by atoms with Crippen molar-refractivity contribution in [1.82, 2.24) is 0 Å². The second-order valence-electron chi connectivity index (χ2n) is 17.4. The summed E-state index contributed by atoms with van der Waals surface area (Å²) in [5.74, 6) is 0. The Morgan fingerprint density at radius 2 is 0.841 bits per heavy atom. The maximum Gasteiger partial charge on any atom is 0.0714 e. The van der Waals surface area contributed by atoms with Crippen LogP contribution < -0.4 is 4.90 Å². The zero-order chi connectivity index (χ0) is 45.6. The predicted molar refractivity (Wildman–Crippen MR) is 264 cm³/mol. The molecule has 0 spiro atoms. The molecule has 0 fully saturated rings. The van der Waals surface area contributed by atoms with E-state index in [-0.39, 0.29) is 40.8 Å². The van der Waals surface area contributed by atoms with Crippen molar-refractivity contribution in [2.24, 2.45) is 0 Å². The zero-order valence-corrected chi connectivity index (χ0v) is 35.2. The predicted octanol–water partition coefficient (Wildman–Crippen LogP) is 16.3. The summed E-state index contributed by atoms with van der Waals surface area (Å²) in [6, 6.07) is 73.5. The largest absolute Gasteiger partial charge is 0.310 e. The summed E-state index contributed by atoms with van der Waals surface area (Å²) in [5.41, 5.74) is 15.1. The molecule has 0 radical (unpaired) electrons. The van der Waals surface area contributed by atoms with Crippen molar-refractivity contribution in [3.63, 3.8) is 0 Å². The van der Waals surface area contributed by atoms with Crippen LogP contribution in [0.15, 0.2) is 236 Å². The van der Waals surface area contributed by atoms with E-state index in [1.165, 1.54) is 16.7 Å². The van der Waals surface area contributed by atoms with Gasteiger partial charge in [-0.3, -0.25) is 0 Å². The normalized spacial score (nSPS) is 14.7. The Bertz CT molecular complexity index is 3550. The van der Waals surface area contributed by atoms with Gasteiger partial charge in [0.2, 0.25) is 0 Å². The van der Waals surface area contributed by atoms with Crippen LogP contribution in [0.2, 0.25) is 0 Å². The van der Waals surface area contributed by atoms with Gasteiger partial charge in [0.05, 0.1) is 10.9 Å². The molecule has 2 aliphatic rings. The van der Waals surface area contributed by atoms with Crippen LogP contribution in [0.3, 0.4) is 0 Å². The van der Waals surface area contributed by atoms with E-state index in [2.05, 4.69) is 190 Å². The number of benzene rings is 10. The number of hydrogen-bond acceptors (Lipinski definition) is 1. The highest BCUT2D eigenvalue weighted by atomic mass is 15.1. The third kappa shape index (κ3) is 5.77. The minimum Gasteiger partial charge on any atom is -0.310 e. The Morgan fingerprint density at radius 1 is 0.333 bits per heavy atom. The number of fused-ring (bicyclic) bond motifs is 7. The Hall–Kier alpha value is -7.74. The smallest absolute Gasteiger partial charge is 0.0714 e. The summed E-state index contributed by atoms with van der Waals surface area (Å²) in [6.07, 6.45) is 0. The van der Waals surface area contributed by atoms with Crippen LogP contribution in [0, 0.1) is 0 Å². The monoisotopic (exact) mass is 807 g/mol. The second kappa shape index (κ2) is 14.4. The van der Waals surface area contributed by atoms with Gasteiger partial charge in [-0.25, -0.2) is 0 Å². The highest BCUT2D eigenvalue weighted by Crippen LogP contribution is 2.58. The van der Waals surface area contributed by atoms with E-state index in [9.17, 15) is 5.48 Å². The standard InChI is InChI=1S/C62H45N/c1-61(2)57-26-13-11-24-53(57)55-36-34-51(40-59(55)61)63(50-32-30-43(31-33-50)45-18-15-19-46(38-45)47-29-28-42-16-9-10-17-44(42)39-47)52-35-37-56-54-25-12-14-27-58(54)62(60(56)41-52,48-20-5-3-6-21-48)49-22-7-4-8-23-49/h3-41H,1-2H3/i30D,31D,32D,33D. The van der Waals surface area contributed by atoms with Crippen molar-refractivity contribution in [2.45, 2.75) is 24.7 Å². The van der Waals surface area contributed by atoms with Gasteiger partial charge in [-0.1, -0.05) is 202 Å². The molecule has 10 aromatic rings. The van der Waals surface area contributed by atoms with Crippen LogP contribution in [-0.4, -0.2) is 0 Å². The Labute approximate surface area is 375 Å². The second-order valence-corrected chi connectivity index (χ2v) is 17.4. The molecular formula is C62H45N. The molecule has 0 bridgehead atoms. The van der Waals surface area contributed by atoms with Crippen molar-refractivity contribution in [3.05, 3.63) is 270 Å². The third-order valence-corrected chi connectivity index (χ3v) is 13.6. The summed E-state index contributed by atoms with van der Waals surface area (Å²) in [7, 11) is 0. The molecule has 0 heterocycles. The summed E-state index contributed by atoms with van der Waals surface area (Å²) in [6.45, 7) is 4.51. The van der Waals surface area contributed by atoms with Gasteiger partial charge in [0.1, 0.15) is 0 Å². The summed E-state index contributed by atoms with van der Waals surface area (Å²) >= 11 is 0. The van der Waals surface area contributed by atoms with E-state index >= 15 is 0 Å². The maximum atomic E-state index is 9.97. The van der Waals surface area contributed by atoms with Crippen LogP contribution >= 0.6 is 0 Å². The minimum atomic E-state index is -0.688. The lowest BCUT2D eigenvalue weighted by Crippen LogP contribution is -2.28. The lowest BCUT2D eigenvalue weighted by atomic mass is 9.67. The molecule has 0 unspecified atom stereocenters. The summed E-state index contributed by atoms with van der Waals surface area (Å²) < 4.78 is 39.5. The van der Waals surface area contributed by atoms with E-state index < -0.39 is 5.41 Å². The molecule has 1 heteroatoms. The molecule has 0 atom stereocenters. The van der Waals surface area contributed by atoms with Gasteiger partial charge >= 0.3 is 0 Å². The number of rotatable bonds is 7. The van der Waals surface area contributed by atoms with Gasteiger partial charge in [0.15, 0.2) is 0 Å². The van der Waals surface area contributed by atoms with Crippen LogP contribution in [0.5, 0.6) is 0 Å². The first-order chi connectivity index (χ1) is 32.7. The van der Waals surface area contributed by atoms with E-state index in [4.69, 9.17) is 0 Å². The van der Waals surface area contributed by atoms with Gasteiger partial charge in [-0.05, 0) is 137 Å². The molecule has 2 aliphatic carbocycles. The maximum absolute atomic E-state index is 9.97. The fourth-order valence-electron chi connectivity index (χ4n) is 10.6. The Kier molecular flexibility index (Phi) is 7.55. The summed E-state index contributed by atoms with van der Waals surface area (Å²) in [4.78, 5) is 1.97. The Balaban J connectivity index is 1.09. The molecule has 10 aromatic carbocycles. The molecule has 0 N–H and O–H groups in total. The average Bonchev–Trinajstić information content (AvgIpc) is 3.80. The molecule has 298 valence electrons. The SMILES string of the molecule is [2H]c1c([2H])c(N(c2ccc3c(c2)C(C)(C)c2ccccc2-3)c2ccc3c(c2)C(c2ccccc2)(c2ccccc2)c2ccccc2-3)c([2H])c([2H])c1-c1cccc(-c2ccc3ccccc3c2)c1. The molecule has 0 saturated carbocycles. The molecule has 12 rings (SSSR count). The molecule has 1 nitrogen and oxygen atoms in total. The van der Waals surface area contributed by atoms with Crippen molar-refractivity contribution in [2.75, 3.05) is 4.90 Å². The lowest BCUT2D eigenvalue weighted by molar-refractivity contribution is 0.660. The number of nitrogens with zero attached hydrogens (tertiary/aromatic N) is 1. The topological polar surface area (TPSA) is 3.24 Å². The van der Waals surface area contributed by atoms with Gasteiger partial charge in [-0.2, -0.15) is 0 Å². The highest BCUT2D eigenvalue weighted by Gasteiger charge is 2.46. The van der Waals surface area contributed by atoms with Crippen LogP contribution in [0.4, 0.5) is 17.1 Å².